The topological polar surface area (TPSA) is 27.9 Å². The molecule has 0 saturated carbocycles. The van der Waals surface area contributed by atoms with Crippen molar-refractivity contribution in [2.75, 3.05) is 27.3 Å². The highest BCUT2D eigenvalue weighted by Crippen LogP contribution is 1.95. The number of hydrogen-bond acceptors (Lipinski definition) is 2. The molecule has 1 aliphatic heterocycles. The first-order valence-corrected chi connectivity index (χ1v) is 3.40. The van der Waals surface area contributed by atoms with Crippen molar-refractivity contribution in [3.05, 3.63) is 0 Å². The lowest BCUT2D eigenvalue weighted by Gasteiger charge is -2.31. The molecule has 1 saturated heterocycles. The first kappa shape index (κ1) is 10.4. The van der Waals surface area contributed by atoms with E-state index in [1.165, 1.54) is 4.90 Å². The molecule has 0 aromatic rings. The predicted octanol–water partition coefficient (Wildman–Crippen LogP) is -4.88. The third-order valence-corrected chi connectivity index (χ3v) is 1.86. The minimum atomic E-state index is -0.200. The number of rotatable bonds is 0. The summed E-state index contributed by atoms with van der Waals surface area (Å²) in [5, 5.41) is 9.21. The molecule has 0 spiro atoms. The van der Waals surface area contributed by atoms with E-state index in [9.17, 15) is 5.11 Å². The molecule has 0 aliphatic carbocycles. The third kappa shape index (κ3) is 2.54. The Balaban J connectivity index is 0.000000810. The number of aliphatic hydroxyl groups excluding tert-OH is 1. The van der Waals surface area contributed by atoms with E-state index >= 15 is 0 Å². The molecule has 4 heteroatoms. The van der Waals surface area contributed by atoms with E-state index < -0.39 is 0 Å². The quantitative estimate of drug-likeness (QED) is 0.420. The van der Waals surface area contributed by atoms with Gasteiger partial charge in [-0.1, -0.05) is 0 Å². The Bertz CT molecular complexity index is 102. The Kier molecular flexibility index (Phi) is 4.44. The highest BCUT2D eigenvalue weighted by Gasteiger charge is 2.21. The lowest BCUT2D eigenvalue weighted by atomic mass is 10.3. The van der Waals surface area contributed by atoms with E-state index in [1.54, 1.807) is 0 Å². The van der Waals surface area contributed by atoms with Gasteiger partial charge in [0.2, 0.25) is 0 Å². The maximum atomic E-state index is 9.21. The van der Waals surface area contributed by atoms with E-state index in [-0.39, 0.29) is 23.2 Å². The summed E-state index contributed by atoms with van der Waals surface area (Å²) in [6.07, 6.45) is 0.705. The van der Waals surface area contributed by atoms with E-state index in [2.05, 4.69) is 7.05 Å². The average Bonchev–Trinajstić information content (AvgIpc) is 1.80. The van der Waals surface area contributed by atoms with Gasteiger partial charge in [0.05, 0.1) is 13.6 Å². The van der Waals surface area contributed by atoms with Gasteiger partial charge in [-0.05, 0) is 7.05 Å². The number of nitrogens with zero attached hydrogens (tertiary/aromatic N) is 1. The highest BCUT2D eigenvalue weighted by molar-refractivity contribution is 4.54. The molecular weight excluding hydrogens is 196 g/mol. The van der Waals surface area contributed by atoms with Crippen LogP contribution in [0, 0.1) is 0 Å². The summed E-state index contributed by atoms with van der Waals surface area (Å²) in [6.45, 7) is 2.05. The van der Waals surface area contributed by atoms with E-state index in [1.807, 2.05) is 11.9 Å². The number of quaternary nitrogens is 1. The summed E-state index contributed by atoms with van der Waals surface area (Å²) in [4.78, 5) is 3.45. The molecule has 2 N–H and O–H groups in total. The second-order valence-corrected chi connectivity index (χ2v) is 2.89. The summed E-state index contributed by atoms with van der Waals surface area (Å²) in [5.41, 5.74) is 0. The van der Waals surface area contributed by atoms with Gasteiger partial charge in [-0.25, -0.2) is 4.90 Å². The average molecular weight is 211 g/mol. The maximum Gasteiger partial charge on any atom is 0.135 e. The van der Waals surface area contributed by atoms with Crippen LogP contribution in [0.25, 0.3) is 0 Å². The Morgan fingerprint density at radius 1 is 1.60 bits per heavy atom. The normalized spacial score (nSPS) is 35.1. The van der Waals surface area contributed by atoms with Crippen LogP contribution >= 0.6 is 0 Å². The minimum Gasteiger partial charge on any atom is -1.00 e. The molecule has 62 valence electrons. The standard InChI is InChI=1S/C6H14N2O.BrH/c1-7-4-3-6(9)8(2)5-7;/h6,9H,3-5H2,1-2H3;1H. The smallest absolute Gasteiger partial charge is 0.135 e. The number of halogens is 1. The van der Waals surface area contributed by atoms with Crippen molar-refractivity contribution in [2.24, 2.45) is 0 Å². The molecule has 3 nitrogen and oxygen atoms in total. The predicted molar refractivity (Wildman–Crippen MR) is 35.0 cm³/mol. The van der Waals surface area contributed by atoms with Gasteiger partial charge in [0.15, 0.2) is 0 Å². The molecule has 0 amide bonds. The molecule has 1 heterocycles. The highest BCUT2D eigenvalue weighted by atomic mass is 79.9. The molecule has 10 heavy (non-hydrogen) atoms. The van der Waals surface area contributed by atoms with Crippen LogP contribution in [0.3, 0.4) is 0 Å². The fourth-order valence-corrected chi connectivity index (χ4v) is 1.21. The largest absolute Gasteiger partial charge is 1.00 e. The summed E-state index contributed by atoms with van der Waals surface area (Å²) >= 11 is 0. The lowest BCUT2D eigenvalue weighted by molar-refractivity contribution is -0.899. The Morgan fingerprint density at radius 3 is 2.60 bits per heavy atom. The van der Waals surface area contributed by atoms with E-state index in [0.717, 1.165) is 19.6 Å². The maximum absolute atomic E-state index is 9.21. The van der Waals surface area contributed by atoms with Crippen LogP contribution in [0.2, 0.25) is 0 Å². The zero-order valence-electron chi connectivity index (χ0n) is 6.47. The van der Waals surface area contributed by atoms with Crippen molar-refractivity contribution < 1.29 is 27.0 Å². The van der Waals surface area contributed by atoms with Gasteiger partial charge in [0.25, 0.3) is 0 Å². The molecule has 1 fully saturated rings. The molecule has 2 atom stereocenters. The van der Waals surface area contributed by atoms with Gasteiger partial charge in [-0.3, -0.25) is 0 Å². The Labute approximate surface area is 72.4 Å². The summed E-state index contributed by atoms with van der Waals surface area (Å²) in [6, 6.07) is 0. The third-order valence-electron chi connectivity index (χ3n) is 1.86. The van der Waals surface area contributed by atoms with E-state index in [0.29, 0.717) is 0 Å². The number of aliphatic hydroxyl groups is 1. The first-order valence-electron chi connectivity index (χ1n) is 3.40. The first-order chi connectivity index (χ1) is 4.20. The van der Waals surface area contributed by atoms with Gasteiger partial charge < -0.3 is 27.0 Å². The second-order valence-electron chi connectivity index (χ2n) is 2.89. The van der Waals surface area contributed by atoms with Crippen molar-refractivity contribution >= 4 is 0 Å². The Morgan fingerprint density at radius 2 is 2.20 bits per heavy atom. The van der Waals surface area contributed by atoms with Crippen molar-refractivity contribution in [3.8, 4) is 0 Å². The van der Waals surface area contributed by atoms with Crippen LogP contribution < -0.4 is 21.9 Å². The van der Waals surface area contributed by atoms with Crippen LogP contribution in [-0.4, -0.2) is 43.5 Å². The number of hydrogen-bond donors (Lipinski definition) is 2. The van der Waals surface area contributed by atoms with Crippen LogP contribution in [-0.2, 0) is 0 Å². The zero-order chi connectivity index (χ0) is 6.85. The van der Waals surface area contributed by atoms with Gasteiger partial charge in [-0.2, -0.15) is 0 Å². The van der Waals surface area contributed by atoms with E-state index in [4.69, 9.17) is 0 Å². The van der Waals surface area contributed by atoms with Crippen LogP contribution in [0.4, 0.5) is 0 Å². The van der Waals surface area contributed by atoms with Crippen molar-refractivity contribution in [3.63, 3.8) is 0 Å². The van der Waals surface area contributed by atoms with Crippen LogP contribution in [0.5, 0.6) is 0 Å². The van der Waals surface area contributed by atoms with Gasteiger partial charge in [-0.15, -0.1) is 0 Å². The van der Waals surface area contributed by atoms with Crippen molar-refractivity contribution in [1.82, 2.24) is 4.90 Å². The SMILES string of the molecule is CN1C[NH+](C)CCC1O.[Br-]. The molecule has 1 aliphatic rings. The monoisotopic (exact) mass is 210 g/mol. The second kappa shape index (κ2) is 4.28. The lowest BCUT2D eigenvalue weighted by Crippen LogP contribution is -3.12. The van der Waals surface area contributed by atoms with Gasteiger partial charge >= 0.3 is 0 Å². The molecule has 0 bridgehead atoms. The summed E-state index contributed by atoms with van der Waals surface area (Å²) in [7, 11) is 4.09. The summed E-state index contributed by atoms with van der Waals surface area (Å²) in [5.74, 6) is 0. The minimum absolute atomic E-state index is 0. The number of nitrogens with one attached hydrogen (secondary N) is 1. The fraction of sp³-hybridized carbons (Fsp3) is 1.00. The van der Waals surface area contributed by atoms with Gasteiger partial charge in [0.1, 0.15) is 12.9 Å². The summed E-state index contributed by atoms with van der Waals surface area (Å²) < 4.78 is 0. The van der Waals surface area contributed by atoms with Crippen LogP contribution in [0.15, 0.2) is 0 Å². The van der Waals surface area contributed by atoms with Crippen molar-refractivity contribution in [1.29, 1.82) is 0 Å². The molecule has 0 aromatic heterocycles. The zero-order valence-corrected chi connectivity index (χ0v) is 8.06. The van der Waals surface area contributed by atoms with Crippen molar-refractivity contribution in [2.45, 2.75) is 12.6 Å². The fourth-order valence-electron chi connectivity index (χ4n) is 1.21. The molecule has 0 aromatic carbocycles. The molecular formula is C6H15BrN2O. The van der Waals surface area contributed by atoms with Crippen LogP contribution in [0.1, 0.15) is 6.42 Å². The Hall–Kier alpha value is 0.360. The molecule has 1 rings (SSSR count). The molecule has 2 unspecified atom stereocenters. The molecule has 0 radical (unpaired) electrons. The van der Waals surface area contributed by atoms with Gasteiger partial charge in [0, 0.05) is 6.42 Å².